The highest BCUT2D eigenvalue weighted by molar-refractivity contribution is 5.76. The van der Waals surface area contributed by atoms with Gasteiger partial charge in [0.05, 0.1) is 6.61 Å². The lowest BCUT2D eigenvalue weighted by molar-refractivity contribution is -0.135. The Morgan fingerprint density at radius 2 is 1.79 bits per heavy atom. The maximum Gasteiger partial charge on any atom is 0.222 e. The van der Waals surface area contributed by atoms with Crippen molar-refractivity contribution in [2.24, 2.45) is 0 Å². The molecule has 3 heteroatoms. The van der Waals surface area contributed by atoms with E-state index in [0.29, 0.717) is 19.0 Å². The monoisotopic (exact) mass is 269 g/mol. The summed E-state index contributed by atoms with van der Waals surface area (Å²) in [7, 11) is 0. The van der Waals surface area contributed by atoms with Crippen LogP contribution in [0, 0.1) is 0 Å². The Kier molecular flexibility index (Phi) is 8.89. The van der Waals surface area contributed by atoms with E-state index in [2.05, 4.69) is 6.92 Å². The third-order valence-electron chi connectivity index (χ3n) is 4.17. The Morgan fingerprint density at radius 3 is 2.42 bits per heavy atom. The molecule has 112 valence electrons. The smallest absolute Gasteiger partial charge is 0.222 e. The summed E-state index contributed by atoms with van der Waals surface area (Å²) in [5, 5.41) is 9.16. The fourth-order valence-electron chi connectivity index (χ4n) is 3.03. The van der Waals surface area contributed by atoms with Gasteiger partial charge < -0.3 is 10.0 Å². The average Bonchev–Trinajstić information content (AvgIpc) is 2.45. The summed E-state index contributed by atoms with van der Waals surface area (Å²) in [6.45, 7) is 2.83. The Bertz CT molecular complexity index is 237. The maximum atomic E-state index is 12.3. The van der Waals surface area contributed by atoms with Crippen LogP contribution in [-0.4, -0.2) is 35.1 Å². The molecule has 0 heterocycles. The van der Waals surface area contributed by atoms with Gasteiger partial charge in [0.15, 0.2) is 0 Å². The van der Waals surface area contributed by atoms with Gasteiger partial charge in [0.1, 0.15) is 0 Å². The first-order valence-corrected chi connectivity index (χ1v) is 8.20. The summed E-state index contributed by atoms with van der Waals surface area (Å²) in [4.78, 5) is 14.2. The number of carbonyl (C=O) groups excluding carboxylic acids is 1. The Morgan fingerprint density at radius 1 is 1.11 bits per heavy atom. The summed E-state index contributed by atoms with van der Waals surface area (Å²) in [5.74, 6) is 0.262. The summed E-state index contributed by atoms with van der Waals surface area (Å²) < 4.78 is 0. The minimum absolute atomic E-state index is 0.0953. The molecular formula is C16H31NO2. The first-order chi connectivity index (χ1) is 9.29. The van der Waals surface area contributed by atoms with Crippen LogP contribution in [0.25, 0.3) is 0 Å². The highest BCUT2D eigenvalue weighted by Gasteiger charge is 2.24. The van der Waals surface area contributed by atoms with Gasteiger partial charge in [-0.2, -0.15) is 0 Å². The second-order valence-electron chi connectivity index (χ2n) is 5.77. The number of rotatable bonds is 9. The third kappa shape index (κ3) is 6.42. The summed E-state index contributed by atoms with van der Waals surface area (Å²) in [5.41, 5.74) is 0. The van der Waals surface area contributed by atoms with Crippen LogP contribution in [-0.2, 0) is 4.79 Å². The zero-order chi connectivity index (χ0) is 13.9. The number of carbonyl (C=O) groups is 1. The van der Waals surface area contributed by atoms with Gasteiger partial charge in [-0.3, -0.25) is 4.79 Å². The van der Waals surface area contributed by atoms with Crippen LogP contribution in [0.15, 0.2) is 0 Å². The Labute approximate surface area is 118 Å². The van der Waals surface area contributed by atoms with E-state index in [4.69, 9.17) is 5.11 Å². The molecule has 0 bridgehead atoms. The van der Waals surface area contributed by atoms with Crippen molar-refractivity contribution in [3.63, 3.8) is 0 Å². The van der Waals surface area contributed by atoms with E-state index in [1.54, 1.807) is 0 Å². The van der Waals surface area contributed by atoms with Crippen LogP contribution in [0.1, 0.15) is 77.6 Å². The maximum absolute atomic E-state index is 12.3. The van der Waals surface area contributed by atoms with Crippen molar-refractivity contribution in [2.45, 2.75) is 83.6 Å². The van der Waals surface area contributed by atoms with E-state index in [9.17, 15) is 4.79 Å². The molecule has 1 fully saturated rings. The number of hydrogen-bond acceptors (Lipinski definition) is 2. The molecule has 0 aliphatic heterocycles. The molecule has 1 amide bonds. The molecule has 1 aliphatic carbocycles. The molecule has 0 unspecified atom stereocenters. The van der Waals surface area contributed by atoms with Crippen molar-refractivity contribution >= 4 is 5.91 Å². The SMILES string of the molecule is CCCCCCCC(=O)N(CCO)C1CCCCC1. The van der Waals surface area contributed by atoms with Crippen LogP contribution in [0.2, 0.25) is 0 Å². The van der Waals surface area contributed by atoms with Crippen molar-refractivity contribution in [3.8, 4) is 0 Å². The molecule has 0 saturated heterocycles. The van der Waals surface area contributed by atoms with Crippen LogP contribution in [0.4, 0.5) is 0 Å². The van der Waals surface area contributed by atoms with Gasteiger partial charge in [-0.15, -0.1) is 0 Å². The second kappa shape index (κ2) is 10.2. The first-order valence-electron chi connectivity index (χ1n) is 8.20. The fourth-order valence-corrected chi connectivity index (χ4v) is 3.03. The topological polar surface area (TPSA) is 40.5 Å². The molecule has 1 N–H and O–H groups in total. The molecule has 0 aromatic heterocycles. The molecule has 1 aliphatic rings. The highest BCUT2D eigenvalue weighted by atomic mass is 16.3. The normalized spacial score (nSPS) is 16.5. The van der Waals surface area contributed by atoms with Gasteiger partial charge >= 0.3 is 0 Å². The predicted molar refractivity (Wildman–Crippen MR) is 79.0 cm³/mol. The van der Waals surface area contributed by atoms with Gasteiger partial charge in [0.2, 0.25) is 5.91 Å². The summed E-state index contributed by atoms with van der Waals surface area (Å²) >= 11 is 0. The number of aliphatic hydroxyl groups excluding tert-OH is 1. The molecular weight excluding hydrogens is 238 g/mol. The number of nitrogens with zero attached hydrogens (tertiary/aromatic N) is 1. The molecule has 0 atom stereocenters. The van der Waals surface area contributed by atoms with E-state index in [1.807, 2.05) is 4.90 Å². The second-order valence-corrected chi connectivity index (χ2v) is 5.77. The van der Waals surface area contributed by atoms with Gasteiger partial charge in [0.25, 0.3) is 0 Å². The van der Waals surface area contributed by atoms with Crippen molar-refractivity contribution in [1.29, 1.82) is 0 Å². The molecule has 0 aromatic carbocycles. The standard InChI is InChI=1S/C16H31NO2/c1-2-3-4-5-9-12-16(19)17(13-14-18)15-10-7-6-8-11-15/h15,18H,2-14H2,1H3. The van der Waals surface area contributed by atoms with Crippen LogP contribution in [0.3, 0.4) is 0 Å². The molecule has 1 saturated carbocycles. The predicted octanol–water partition coefficient (Wildman–Crippen LogP) is 3.50. The van der Waals surface area contributed by atoms with E-state index < -0.39 is 0 Å². The molecule has 0 aromatic rings. The highest BCUT2D eigenvalue weighted by Crippen LogP contribution is 2.23. The lowest BCUT2D eigenvalue weighted by atomic mass is 9.94. The van der Waals surface area contributed by atoms with Crippen molar-refractivity contribution < 1.29 is 9.90 Å². The van der Waals surface area contributed by atoms with E-state index in [-0.39, 0.29) is 12.5 Å². The fraction of sp³-hybridized carbons (Fsp3) is 0.938. The van der Waals surface area contributed by atoms with Crippen LogP contribution in [0.5, 0.6) is 0 Å². The van der Waals surface area contributed by atoms with Crippen LogP contribution >= 0.6 is 0 Å². The Balaban J connectivity index is 2.30. The third-order valence-corrected chi connectivity index (χ3v) is 4.17. The molecule has 19 heavy (non-hydrogen) atoms. The average molecular weight is 269 g/mol. The van der Waals surface area contributed by atoms with Gasteiger partial charge in [-0.05, 0) is 19.3 Å². The molecule has 0 radical (unpaired) electrons. The summed E-state index contributed by atoms with van der Waals surface area (Å²) in [6.07, 6.45) is 12.6. The zero-order valence-corrected chi connectivity index (χ0v) is 12.6. The van der Waals surface area contributed by atoms with Crippen molar-refractivity contribution in [1.82, 2.24) is 4.90 Å². The van der Waals surface area contributed by atoms with Gasteiger partial charge in [0, 0.05) is 19.0 Å². The summed E-state index contributed by atoms with van der Waals surface area (Å²) in [6, 6.07) is 0.393. The lowest BCUT2D eigenvalue weighted by Crippen LogP contribution is -2.43. The first kappa shape index (κ1) is 16.5. The van der Waals surface area contributed by atoms with Crippen molar-refractivity contribution in [2.75, 3.05) is 13.2 Å². The number of amides is 1. The minimum Gasteiger partial charge on any atom is -0.395 e. The number of unbranched alkanes of at least 4 members (excludes halogenated alkanes) is 4. The van der Waals surface area contributed by atoms with E-state index in [0.717, 1.165) is 25.7 Å². The minimum atomic E-state index is 0.0953. The van der Waals surface area contributed by atoms with Gasteiger partial charge in [-0.25, -0.2) is 0 Å². The van der Waals surface area contributed by atoms with Gasteiger partial charge in [-0.1, -0.05) is 51.9 Å². The lowest BCUT2D eigenvalue weighted by Gasteiger charge is -2.34. The van der Waals surface area contributed by atoms with E-state index in [1.165, 1.54) is 38.5 Å². The largest absolute Gasteiger partial charge is 0.395 e. The molecule has 0 spiro atoms. The quantitative estimate of drug-likeness (QED) is 0.651. The van der Waals surface area contributed by atoms with Crippen LogP contribution < -0.4 is 0 Å². The molecule has 1 rings (SSSR count). The number of aliphatic hydroxyl groups is 1. The number of hydrogen-bond donors (Lipinski definition) is 1. The molecule has 3 nitrogen and oxygen atoms in total. The van der Waals surface area contributed by atoms with Crippen molar-refractivity contribution in [3.05, 3.63) is 0 Å². The zero-order valence-electron chi connectivity index (χ0n) is 12.6. The van der Waals surface area contributed by atoms with E-state index >= 15 is 0 Å². The Hall–Kier alpha value is -0.570.